The Morgan fingerprint density at radius 2 is 1.94 bits per heavy atom. The van der Waals surface area contributed by atoms with Crippen molar-refractivity contribution in [2.75, 3.05) is 5.32 Å². The largest absolute Gasteiger partial charge is 0.321 e. The van der Waals surface area contributed by atoms with Crippen LogP contribution in [0.15, 0.2) is 33.4 Å². The number of hydrogen-bond acceptors (Lipinski definition) is 2. The van der Waals surface area contributed by atoms with Crippen LogP contribution in [0, 0.1) is 13.8 Å². The Bertz CT molecular complexity index is 526. The number of aryl methyl sites for hydroxylation is 2. The van der Waals surface area contributed by atoms with Gasteiger partial charge < -0.3 is 5.32 Å². The molecule has 1 aromatic heterocycles. The lowest BCUT2D eigenvalue weighted by molar-refractivity contribution is 0.102. The van der Waals surface area contributed by atoms with Crippen molar-refractivity contribution in [1.82, 2.24) is 0 Å². The Labute approximate surface area is 113 Å². The summed E-state index contributed by atoms with van der Waals surface area (Å²) in [6.45, 7) is 3.97. The van der Waals surface area contributed by atoms with E-state index in [9.17, 15) is 4.79 Å². The summed E-state index contributed by atoms with van der Waals surface area (Å²) < 4.78 is 1.03. The van der Waals surface area contributed by atoms with Crippen LogP contribution >= 0.6 is 27.3 Å². The van der Waals surface area contributed by atoms with Gasteiger partial charge in [-0.1, -0.05) is 15.9 Å². The molecule has 0 bridgehead atoms. The van der Waals surface area contributed by atoms with Gasteiger partial charge in [-0.15, -0.1) is 0 Å². The molecular weight excluding hydrogens is 298 g/mol. The first kappa shape index (κ1) is 12.3. The molecule has 4 heteroatoms. The van der Waals surface area contributed by atoms with Gasteiger partial charge in [0.1, 0.15) is 0 Å². The summed E-state index contributed by atoms with van der Waals surface area (Å²) in [5.41, 5.74) is 3.71. The Balaban J connectivity index is 2.28. The molecule has 1 N–H and O–H groups in total. The highest BCUT2D eigenvalue weighted by atomic mass is 79.9. The van der Waals surface area contributed by atoms with Crippen molar-refractivity contribution >= 4 is 38.9 Å². The molecule has 0 spiro atoms. The smallest absolute Gasteiger partial charge is 0.256 e. The first-order chi connectivity index (χ1) is 8.08. The minimum Gasteiger partial charge on any atom is -0.321 e. The number of carbonyl (C=O) groups excluding carboxylic acids is 1. The first-order valence-corrected chi connectivity index (χ1v) is 6.92. The van der Waals surface area contributed by atoms with Gasteiger partial charge in [-0.3, -0.25) is 4.79 Å². The number of rotatable bonds is 2. The SMILES string of the molecule is Cc1cc(Br)cc(C)c1NC(=O)c1ccsc1. The molecule has 0 atom stereocenters. The summed E-state index contributed by atoms with van der Waals surface area (Å²) >= 11 is 4.96. The highest BCUT2D eigenvalue weighted by Gasteiger charge is 2.10. The number of anilines is 1. The first-order valence-electron chi connectivity index (χ1n) is 5.18. The molecule has 88 valence electrons. The third-order valence-electron chi connectivity index (χ3n) is 2.52. The van der Waals surface area contributed by atoms with Gasteiger partial charge in [-0.05, 0) is 48.6 Å². The lowest BCUT2D eigenvalue weighted by Gasteiger charge is -2.11. The lowest BCUT2D eigenvalue weighted by Crippen LogP contribution is -2.12. The molecule has 1 heterocycles. The second kappa shape index (κ2) is 5.02. The van der Waals surface area contributed by atoms with Crippen LogP contribution in [0.4, 0.5) is 5.69 Å². The highest BCUT2D eigenvalue weighted by Crippen LogP contribution is 2.25. The van der Waals surface area contributed by atoms with Crippen LogP contribution in [-0.2, 0) is 0 Å². The molecule has 17 heavy (non-hydrogen) atoms. The van der Waals surface area contributed by atoms with Crippen LogP contribution in [-0.4, -0.2) is 5.91 Å². The number of benzene rings is 1. The zero-order chi connectivity index (χ0) is 12.4. The van der Waals surface area contributed by atoms with Gasteiger partial charge in [0, 0.05) is 15.5 Å². The molecule has 0 radical (unpaired) electrons. The zero-order valence-electron chi connectivity index (χ0n) is 9.58. The van der Waals surface area contributed by atoms with Crippen molar-refractivity contribution in [3.05, 3.63) is 50.1 Å². The van der Waals surface area contributed by atoms with Gasteiger partial charge in [0.15, 0.2) is 0 Å². The zero-order valence-corrected chi connectivity index (χ0v) is 12.0. The number of amides is 1. The van der Waals surface area contributed by atoms with Gasteiger partial charge in [-0.25, -0.2) is 0 Å². The second-order valence-corrected chi connectivity index (χ2v) is 5.58. The molecule has 0 aliphatic rings. The van der Waals surface area contributed by atoms with Crippen molar-refractivity contribution in [3.8, 4) is 0 Å². The van der Waals surface area contributed by atoms with Crippen molar-refractivity contribution < 1.29 is 4.79 Å². The summed E-state index contributed by atoms with van der Waals surface area (Å²) in [4.78, 5) is 11.9. The van der Waals surface area contributed by atoms with Gasteiger partial charge in [0.25, 0.3) is 5.91 Å². The Morgan fingerprint density at radius 3 is 2.47 bits per heavy atom. The quantitative estimate of drug-likeness (QED) is 0.876. The van der Waals surface area contributed by atoms with Gasteiger partial charge >= 0.3 is 0 Å². The van der Waals surface area contributed by atoms with E-state index in [-0.39, 0.29) is 5.91 Å². The minimum absolute atomic E-state index is 0.0558. The van der Waals surface area contributed by atoms with Crippen molar-refractivity contribution in [1.29, 1.82) is 0 Å². The van der Waals surface area contributed by atoms with E-state index in [1.807, 2.05) is 42.8 Å². The second-order valence-electron chi connectivity index (χ2n) is 3.88. The van der Waals surface area contributed by atoms with Gasteiger partial charge in [0.05, 0.1) is 5.56 Å². The van der Waals surface area contributed by atoms with Crippen LogP contribution in [0.1, 0.15) is 21.5 Å². The molecule has 0 fully saturated rings. The standard InChI is InChI=1S/C13H12BrNOS/c1-8-5-11(14)6-9(2)12(8)15-13(16)10-3-4-17-7-10/h3-7H,1-2H3,(H,15,16). The van der Waals surface area contributed by atoms with Crippen LogP contribution in [0.5, 0.6) is 0 Å². The summed E-state index contributed by atoms with van der Waals surface area (Å²) in [5.74, 6) is -0.0558. The van der Waals surface area contributed by atoms with Crippen LogP contribution < -0.4 is 5.32 Å². The van der Waals surface area contributed by atoms with E-state index in [0.717, 1.165) is 21.3 Å². The van der Waals surface area contributed by atoms with E-state index in [1.165, 1.54) is 11.3 Å². The number of nitrogens with one attached hydrogen (secondary N) is 1. The molecule has 1 amide bonds. The maximum absolute atomic E-state index is 11.9. The normalized spacial score (nSPS) is 10.3. The van der Waals surface area contributed by atoms with Crippen molar-refractivity contribution in [3.63, 3.8) is 0 Å². The molecular formula is C13H12BrNOS. The number of halogens is 1. The van der Waals surface area contributed by atoms with Gasteiger partial charge in [-0.2, -0.15) is 11.3 Å². The lowest BCUT2D eigenvalue weighted by atomic mass is 10.1. The maximum atomic E-state index is 11.9. The van der Waals surface area contributed by atoms with E-state index in [2.05, 4.69) is 21.2 Å². The van der Waals surface area contributed by atoms with Crippen molar-refractivity contribution in [2.45, 2.75) is 13.8 Å². The fourth-order valence-corrected chi connectivity index (χ4v) is 3.01. The number of hydrogen-bond donors (Lipinski definition) is 1. The molecule has 0 unspecified atom stereocenters. The van der Waals surface area contributed by atoms with Crippen LogP contribution in [0.3, 0.4) is 0 Å². The molecule has 2 rings (SSSR count). The summed E-state index contributed by atoms with van der Waals surface area (Å²) in [5, 5.41) is 6.70. The summed E-state index contributed by atoms with van der Waals surface area (Å²) in [7, 11) is 0. The Hall–Kier alpha value is -1.13. The van der Waals surface area contributed by atoms with Crippen molar-refractivity contribution in [2.24, 2.45) is 0 Å². The van der Waals surface area contributed by atoms with Crippen LogP contribution in [0.25, 0.3) is 0 Å². The molecule has 2 nitrogen and oxygen atoms in total. The number of carbonyl (C=O) groups is 1. The fraction of sp³-hybridized carbons (Fsp3) is 0.154. The average Bonchev–Trinajstić information content (AvgIpc) is 2.76. The van der Waals surface area contributed by atoms with E-state index in [1.54, 1.807) is 0 Å². The van der Waals surface area contributed by atoms with Gasteiger partial charge in [0.2, 0.25) is 0 Å². The van der Waals surface area contributed by atoms with E-state index < -0.39 is 0 Å². The molecule has 0 aliphatic carbocycles. The molecule has 0 saturated carbocycles. The monoisotopic (exact) mass is 309 g/mol. The molecule has 1 aromatic carbocycles. The molecule has 0 saturated heterocycles. The Morgan fingerprint density at radius 1 is 1.29 bits per heavy atom. The minimum atomic E-state index is -0.0558. The highest BCUT2D eigenvalue weighted by molar-refractivity contribution is 9.10. The van der Waals surface area contributed by atoms with E-state index in [0.29, 0.717) is 5.56 Å². The average molecular weight is 310 g/mol. The third kappa shape index (κ3) is 2.76. The predicted molar refractivity (Wildman–Crippen MR) is 75.9 cm³/mol. The maximum Gasteiger partial charge on any atom is 0.256 e. The number of thiophene rings is 1. The molecule has 0 aliphatic heterocycles. The van der Waals surface area contributed by atoms with Crippen LogP contribution in [0.2, 0.25) is 0 Å². The van der Waals surface area contributed by atoms with E-state index >= 15 is 0 Å². The Kier molecular flexibility index (Phi) is 3.64. The predicted octanol–water partition coefficient (Wildman–Crippen LogP) is 4.38. The summed E-state index contributed by atoms with van der Waals surface area (Å²) in [6, 6.07) is 5.82. The topological polar surface area (TPSA) is 29.1 Å². The van der Waals surface area contributed by atoms with E-state index in [4.69, 9.17) is 0 Å². The fourth-order valence-electron chi connectivity index (χ4n) is 1.69. The summed E-state index contributed by atoms with van der Waals surface area (Å²) in [6.07, 6.45) is 0. The third-order valence-corrected chi connectivity index (χ3v) is 3.66. The molecule has 2 aromatic rings.